The number of para-hydroxylation sites is 2. The largest absolute Gasteiger partial charge is 0.378 e. The molecule has 3 heterocycles. The molecule has 0 aliphatic carbocycles. The highest BCUT2D eigenvalue weighted by Gasteiger charge is 2.20. The smallest absolute Gasteiger partial charge is 0.258 e. The molecule has 1 aliphatic heterocycles. The summed E-state index contributed by atoms with van der Waals surface area (Å²) in [5, 5.41) is 22.0. The molecule has 1 aliphatic rings. The van der Waals surface area contributed by atoms with Gasteiger partial charge in [-0.25, -0.2) is 14.1 Å². The molecule has 0 atom stereocenters. The molecular formula is C30H25FN8O3. The number of aromatic nitrogens is 4. The average molecular weight is 565 g/mol. The van der Waals surface area contributed by atoms with Gasteiger partial charge in [0.2, 0.25) is 0 Å². The average Bonchev–Trinajstić information content (AvgIpc) is 3.46. The SMILES string of the molecule is N=C(c1ccc(C(=O)Nc2ccccc2C(=O)Nc2ccc(-n3nnc4ccccc43)cn2)c(F)c1)N1CCOCC1. The van der Waals surface area contributed by atoms with E-state index in [1.165, 1.54) is 18.2 Å². The number of benzene rings is 3. The summed E-state index contributed by atoms with van der Waals surface area (Å²) in [5.74, 6) is -1.54. The van der Waals surface area contributed by atoms with E-state index in [2.05, 4.69) is 25.9 Å². The highest BCUT2D eigenvalue weighted by Crippen LogP contribution is 2.21. The van der Waals surface area contributed by atoms with Crippen molar-refractivity contribution in [2.75, 3.05) is 36.9 Å². The van der Waals surface area contributed by atoms with E-state index in [0.717, 1.165) is 11.0 Å². The zero-order valence-corrected chi connectivity index (χ0v) is 22.3. The Morgan fingerprint density at radius 3 is 2.43 bits per heavy atom. The van der Waals surface area contributed by atoms with Crippen LogP contribution in [0, 0.1) is 11.2 Å². The van der Waals surface area contributed by atoms with Gasteiger partial charge in [0.25, 0.3) is 11.8 Å². The summed E-state index contributed by atoms with van der Waals surface area (Å²) >= 11 is 0. The molecule has 5 aromatic rings. The first-order chi connectivity index (χ1) is 20.5. The molecule has 2 aromatic heterocycles. The summed E-state index contributed by atoms with van der Waals surface area (Å²) in [6, 6.07) is 21.4. The minimum Gasteiger partial charge on any atom is -0.378 e. The number of morpholine rings is 1. The van der Waals surface area contributed by atoms with Gasteiger partial charge in [0, 0.05) is 18.7 Å². The third-order valence-electron chi connectivity index (χ3n) is 6.82. The van der Waals surface area contributed by atoms with E-state index >= 15 is 0 Å². The molecule has 0 spiro atoms. The zero-order valence-electron chi connectivity index (χ0n) is 22.3. The molecule has 0 radical (unpaired) electrons. The van der Waals surface area contributed by atoms with Gasteiger partial charge in [0.15, 0.2) is 0 Å². The number of amidine groups is 1. The fraction of sp³-hybridized carbons (Fsp3) is 0.133. The number of carbonyl (C=O) groups excluding carboxylic acids is 2. The zero-order chi connectivity index (χ0) is 29.1. The molecule has 3 aromatic carbocycles. The van der Waals surface area contributed by atoms with Gasteiger partial charge in [-0.3, -0.25) is 15.0 Å². The maximum atomic E-state index is 15.0. The summed E-state index contributed by atoms with van der Waals surface area (Å²) in [6.45, 7) is 2.08. The molecule has 11 nitrogen and oxygen atoms in total. The van der Waals surface area contributed by atoms with E-state index in [4.69, 9.17) is 10.1 Å². The fourth-order valence-corrected chi connectivity index (χ4v) is 4.62. The monoisotopic (exact) mass is 564 g/mol. The first kappa shape index (κ1) is 26.7. The molecule has 2 amide bonds. The number of pyridine rings is 1. The number of halogens is 1. The maximum Gasteiger partial charge on any atom is 0.258 e. The fourth-order valence-electron chi connectivity index (χ4n) is 4.62. The molecule has 12 heteroatoms. The number of carbonyl (C=O) groups is 2. The summed E-state index contributed by atoms with van der Waals surface area (Å²) in [7, 11) is 0. The van der Waals surface area contributed by atoms with Crippen LogP contribution in [0.5, 0.6) is 0 Å². The summed E-state index contributed by atoms with van der Waals surface area (Å²) in [6.07, 6.45) is 1.57. The molecule has 42 heavy (non-hydrogen) atoms. The molecule has 6 rings (SSSR count). The van der Waals surface area contributed by atoms with Crippen molar-refractivity contribution in [3.05, 3.63) is 108 Å². The second kappa shape index (κ2) is 11.6. The molecular weight excluding hydrogens is 539 g/mol. The number of amides is 2. The number of anilines is 2. The van der Waals surface area contributed by atoms with Crippen molar-refractivity contribution < 1.29 is 18.7 Å². The lowest BCUT2D eigenvalue weighted by atomic mass is 10.1. The molecule has 0 bridgehead atoms. The van der Waals surface area contributed by atoms with E-state index in [0.29, 0.717) is 43.4 Å². The van der Waals surface area contributed by atoms with Crippen LogP contribution in [-0.2, 0) is 4.74 Å². The van der Waals surface area contributed by atoms with Crippen LogP contribution in [0.15, 0.2) is 85.1 Å². The van der Waals surface area contributed by atoms with Crippen LogP contribution in [0.1, 0.15) is 26.3 Å². The lowest BCUT2D eigenvalue weighted by molar-refractivity contribution is 0.0680. The van der Waals surface area contributed by atoms with E-state index in [1.807, 2.05) is 24.3 Å². The van der Waals surface area contributed by atoms with Crippen molar-refractivity contribution in [2.24, 2.45) is 0 Å². The second-order valence-electron chi connectivity index (χ2n) is 9.49. The molecule has 210 valence electrons. The predicted octanol–water partition coefficient (Wildman–Crippen LogP) is 4.12. The number of nitrogens with one attached hydrogen (secondary N) is 3. The van der Waals surface area contributed by atoms with Crippen LogP contribution < -0.4 is 10.6 Å². The van der Waals surface area contributed by atoms with Crippen molar-refractivity contribution in [3.63, 3.8) is 0 Å². The standard InChI is InChI=1S/C30H25FN8O3/c31-23-17-19(28(32)38-13-15-42-16-14-38)9-11-21(23)29(40)34-24-6-2-1-5-22(24)30(41)35-27-12-10-20(18-33-27)39-26-8-4-3-7-25(26)36-37-39/h1-12,17-18,32H,13-16H2,(H,34,40)(H,33,35,41). The van der Waals surface area contributed by atoms with E-state index < -0.39 is 17.6 Å². The van der Waals surface area contributed by atoms with Crippen molar-refractivity contribution >= 4 is 40.2 Å². The number of hydrogen-bond donors (Lipinski definition) is 3. The Hall–Kier alpha value is -5.49. The maximum absolute atomic E-state index is 15.0. The van der Waals surface area contributed by atoms with Crippen LogP contribution in [-0.4, -0.2) is 68.8 Å². The highest BCUT2D eigenvalue weighted by atomic mass is 19.1. The van der Waals surface area contributed by atoms with E-state index in [1.54, 1.807) is 52.2 Å². The Balaban J connectivity index is 1.15. The number of ether oxygens (including phenoxy) is 1. The third kappa shape index (κ3) is 5.43. The first-order valence-corrected chi connectivity index (χ1v) is 13.2. The van der Waals surface area contributed by atoms with Crippen LogP contribution in [0.2, 0.25) is 0 Å². The summed E-state index contributed by atoms with van der Waals surface area (Å²) < 4.78 is 22.0. The van der Waals surface area contributed by atoms with Crippen molar-refractivity contribution in [2.45, 2.75) is 0 Å². The number of hydrogen-bond acceptors (Lipinski definition) is 7. The normalized spacial score (nSPS) is 13.1. The highest BCUT2D eigenvalue weighted by molar-refractivity contribution is 6.12. The van der Waals surface area contributed by atoms with Crippen LogP contribution in [0.25, 0.3) is 16.7 Å². The van der Waals surface area contributed by atoms with Crippen LogP contribution in [0.3, 0.4) is 0 Å². The summed E-state index contributed by atoms with van der Waals surface area (Å²) in [4.78, 5) is 32.3. The van der Waals surface area contributed by atoms with Crippen molar-refractivity contribution in [1.29, 1.82) is 5.41 Å². The van der Waals surface area contributed by atoms with Gasteiger partial charge in [0.05, 0.1) is 47.4 Å². The van der Waals surface area contributed by atoms with Gasteiger partial charge < -0.3 is 20.3 Å². The van der Waals surface area contributed by atoms with Gasteiger partial charge in [-0.1, -0.05) is 35.5 Å². The topological polar surface area (TPSA) is 138 Å². The lowest BCUT2D eigenvalue weighted by Gasteiger charge is -2.29. The Bertz CT molecular complexity index is 1800. The second-order valence-corrected chi connectivity index (χ2v) is 9.49. The molecule has 0 unspecified atom stereocenters. The number of nitrogens with zero attached hydrogens (tertiary/aromatic N) is 5. The third-order valence-corrected chi connectivity index (χ3v) is 6.82. The Labute approximate surface area is 239 Å². The molecule has 3 N–H and O–H groups in total. The van der Waals surface area contributed by atoms with Gasteiger partial charge >= 0.3 is 0 Å². The predicted molar refractivity (Wildman–Crippen MR) is 155 cm³/mol. The first-order valence-electron chi connectivity index (χ1n) is 13.2. The van der Waals surface area contributed by atoms with Gasteiger partial charge in [0.1, 0.15) is 23.0 Å². The minimum absolute atomic E-state index is 0.169. The minimum atomic E-state index is -0.769. The number of rotatable bonds is 6. The Morgan fingerprint density at radius 2 is 1.64 bits per heavy atom. The van der Waals surface area contributed by atoms with E-state index in [-0.39, 0.29) is 22.6 Å². The Morgan fingerprint density at radius 1 is 0.881 bits per heavy atom. The van der Waals surface area contributed by atoms with Gasteiger partial charge in [-0.15, -0.1) is 5.10 Å². The lowest BCUT2D eigenvalue weighted by Crippen LogP contribution is -2.40. The quantitative estimate of drug-likeness (QED) is 0.208. The van der Waals surface area contributed by atoms with Crippen LogP contribution >= 0.6 is 0 Å². The molecule has 0 saturated carbocycles. The summed E-state index contributed by atoms with van der Waals surface area (Å²) in [5.41, 5.74) is 2.77. The molecule has 1 fully saturated rings. The Kier molecular flexibility index (Phi) is 7.35. The van der Waals surface area contributed by atoms with Gasteiger partial charge in [-0.05, 0) is 48.5 Å². The van der Waals surface area contributed by atoms with E-state index in [9.17, 15) is 14.0 Å². The molecule has 1 saturated heterocycles. The van der Waals surface area contributed by atoms with Crippen molar-refractivity contribution in [3.8, 4) is 5.69 Å². The van der Waals surface area contributed by atoms with Gasteiger partial charge in [-0.2, -0.15) is 0 Å². The van der Waals surface area contributed by atoms with Crippen LogP contribution in [0.4, 0.5) is 15.9 Å². The number of fused-ring (bicyclic) bond motifs is 1. The van der Waals surface area contributed by atoms with Crippen molar-refractivity contribution in [1.82, 2.24) is 24.9 Å².